The van der Waals surface area contributed by atoms with Crippen molar-refractivity contribution in [1.82, 2.24) is 10.2 Å². The minimum Gasteiger partial charge on any atom is -0.339 e. The first kappa shape index (κ1) is 9.24. The van der Waals surface area contributed by atoms with E-state index in [1.807, 2.05) is 19.9 Å². The number of rotatable bonds is 1. The Morgan fingerprint density at radius 3 is 2.86 bits per heavy atom. The molecule has 0 saturated carbocycles. The van der Waals surface area contributed by atoms with Gasteiger partial charge in [0, 0.05) is 6.54 Å². The van der Waals surface area contributed by atoms with Crippen LogP contribution in [0.4, 0.5) is 0 Å². The fraction of sp³-hybridized carbons (Fsp3) is 0.600. The molecule has 1 N–H and O–H groups in total. The Kier molecular flexibility index (Phi) is 2.06. The van der Waals surface area contributed by atoms with Crippen LogP contribution in [0, 0.1) is 5.92 Å². The monoisotopic (exact) mass is 194 g/mol. The van der Waals surface area contributed by atoms with Gasteiger partial charge in [-0.15, -0.1) is 0 Å². The highest BCUT2D eigenvalue weighted by molar-refractivity contribution is 6.05. The maximum atomic E-state index is 11.9. The standard InChI is InChI=1S/C10H14N2O2/c1-6(2)8-10(14)12-5-3-4-7(12)9(13)11-8/h4,6,8H,3,5H2,1-2H3,(H,11,13). The predicted molar refractivity (Wildman–Crippen MR) is 51.2 cm³/mol. The van der Waals surface area contributed by atoms with E-state index >= 15 is 0 Å². The van der Waals surface area contributed by atoms with E-state index in [0.29, 0.717) is 12.2 Å². The lowest BCUT2D eigenvalue weighted by molar-refractivity contribution is -0.140. The first-order chi connectivity index (χ1) is 6.61. The maximum absolute atomic E-state index is 11.9. The van der Waals surface area contributed by atoms with Crippen molar-refractivity contribution in [1.29, 1.82) is 0 Å². The molecule has 4 nitrogen and oxygen atoms in total. The fourth-order valence-electron chi connectivity index (χ4n) is 1.90. The molecule has 1 saturated heterocycles. The first-order valence-corrected chi connectivity index (χ1v) is 4.93. The highest BCUT2D eigenvalue weighted by Gasteiger charge is 2.39. The third-order valence-corrected chi connectivity index (χ3v) is 2.70. The lowest BCUT2D eigenvalue weighted by atomic mass is 10.0. The van der Waals surface area contributed by atoms with E-state index in [1.54, 1.807) is 4.90 Å². The van der Waals surface area contributed by atoms with Crippen molar-refractivity contribution in [2.75, 3.05) is 6.54 Å². The van der Waals surface area contributed by atoms with Crippen molar-refractivity contribution >= 4 is 11.8 Å². The summed E-state index contributed by atoms with van der Waals surface area (Å²) in [4.78, 5) is 25.0. The van der Waals surface area contributed by atoms with E-state index in [-0.39, 0.29) is 23.8 Å². The molecule has 1 unspecified atom stereocenters. The zero-order valence-corrected chi connectivity index (χ0v) is 8.41. The Bertz CT molecular complexity index is 320. The third kappa shape index (κ3) is 1.22. The Labute approximate surface area is 83.0 Å². The summed E-state index contributed by atoms with van der Waals surface area (Å²) >= 11 is 0. The second kappa shape index (κ2) is 3.12. The molecule has 2 rings (SSSR count). The predicted octanol–water partition coefficient (Wildman–Crippen LogP) is 0.257. The van der Waals surface area contributed by atoms with Crippen molar-refractivity contribution in [2.24, 2.45) is 5.92 Å². The van der Waals surface area contributed by atoms with Crippen LogP contribution >= 0.6 is 0 Å². The van der Waals surface area contributed by atoms with E-state index in [1.165, 1.54) is 0 Å². The van der Waals surface area contributed by atoms with Gasteiger partial charge >= 0.3 is 0 Å². The summed E-state index contributed by atoms with van der Waals surface area (Å²) in [6.07, 6.45) is 2.61. The Hall–Kier alpha value is -1.32. The quantitative estimate of drug-likeness (QED) is 0.650. The van der Waals surface area contributed by atoms with Gasteiger partial charge in [-0.3, -0.25) is 9.59 Å². The van der Waals surface area contributed by atoms with Gasteiger partial charge in [0.05, 0.1) is 0 Å². The summed E-state index contributed by atoms with van der Waals surface area (Å²) in [6.45, 7) is 4.53. The van der Waals surface area contributed by atoms with Gasteiger partial charge in [-0.05, 0) is 12.3 Å². The summed E-state index contributed by atoms with van der Waals surface area (Å²) in [7, 11) is 0. The first-order valence-electron chi connectivity index (χ1n) is 4.93. The van der Waals surface area contributed by atoms with E-state index < -0.39 is 0 Å². The molecule has 14 heavy (non-hydrogen) atoms. The minimum absolute atomic E-state index is 0.0309. The summed E-state index contributed by atoms with van der Waals surface area (Å²) in [5.41, 5.74) is 0.534. The number of piperazine rings is 1. The summed E-state index contributed by atoms with van der Waals surface area (Å²) in [5.74, 6) is 0.0674. The van der Waals surface area contributed by atoms with E-state index in [0.717, 1.165) is 6.42 Å². The van der Waals surface area contributed by atoms with Crippen molar-refractivity contribution in [2.45, 2.75) is 26.3 Å². The van der Waals surface area contributed by atoms with Crippen LogP contribution in [0.2, 0.25) is 0 Å². The minimum atomic E-state index is -0.349. The van der Waals surface area contributed by atoms with E-state index in [4.69, 9.17) is 0 Å². The molecule has 4 heteroatoms. The molecule has 1 fully saturated rings. The zero-order valence-electron chi connectivity index (χ0n) is 8.41. The highest BCUT2D eigenvalue weighted by Crippen LogP contribution is 2.22. The van der Waals surface area contributed by atoms with Crippen molar-refractivity contribution in [3.8, 4) is 0 Å². The van der Waals surface area contributed by atoms with Gasteiger partial charge in [-0.25, -0.2) is 0 Å². The van der Waals surface area contributed by atoms with Gasteiger partial charge < -0.3 is 10.2 Å². The average molecular weight is 194 g/mol. The number of nitrogens with one attached hydrogen (secondary N) is 1. The number of fused-ring (bicyclic) bond motifs is 1. The molecule has 1 atom stereocenters. The van der Waals surface area contributed by atoms with Crippen LogP contribution in [-0.2, 0) is 9.59 Å². The SMILES string of the molecule is CC(C)C1NC(=O)C2=CCCN2C1=O. The molecule has 0 radical (unpaired) electrons. The van der Waals surface area contributed by atoms with Crippen molar-refractivity contribution in [3.63, 3.8) is 0 Å². The van der Waals surface area contributed by atoms with Crippen molar-refractivity contribution in [3.05, 3.63) is 11.8 Å². The molecule has 2 aliphatic rings. The molecule has 0 bridgehead atoms. The molecule has 76 valence electrons. The number of carbonyl (C=O) groups is 2. The van der Waals surface area contributed by atoms with Crippen molar-refractivity contribution < 1.29 is 9.59 Å². The Balaban J connectivity index is 2.27. The van der Waals surface area contributed by atoms with E-state index in [2.05, 4.69) is 5.32 Å². The second-order valence-corrected chi connectivity index (χ2v) is 4.06. The summed E-state index contributed by atoms with van der Waals surface area (Å²) < 4.78 is 0. The number of carbonyl (C=O) groups excluding carboxylic acids is 2. The van der Waals surface area contributed by atoms with Crippen LogP contribution in [0.1, 0.15) is 20.3 Å². The third-order valence-electron chi connectivity index (χ3n) is 2.70. The van der Waals surface area contributed by atoms with Crippen LogP contribution in [-0.4, -0.2) is 29.3 Å². The lowest BCUT2D eigenvalue weighted by Crippen LogP contribution is -2.57. The molecule has 2 aliphatic heterocycles. The van der Waals surface area contributed by atoms with Crippen LogP contribution < -0.4 is 5.32 Å². The van der Waals surface area contributed by atoms with Gasteiger partial charge in [0.25, 0.3) is 5.91 Å². The molecular weight excluding hydrogens is 180 g/mol. The number of hydrogen-bond donors (Lipinski definition) is 1. The van der Waals surface area contributed by atoms with Gasteiger partial charge in [-0.2, -0.15) is 0 Å². The van der Waals surface area contributed by atoms with Crippen LogP contribution in [0.3, 0.4) is 0 Å². The Morgan fingerprint density at radius 2 is 2.21 bits per heavy atom. The van der Waals surface area contributed by atoms with E-state index in [9.17, 15) is 9.59 Å². The van der Waals surface area contributed by atoms with Crippen LogP contribution in [0.15, 0.2) is 11.8 Å². The number of amides is 2. The Morgan fingerprint density at radius 1 is 1.50 bits per heavy atom. The van der Waals surface area contributed by atoms with Crippen LogP contribution in [0.5, 0.6) is 0 Å². The molecule has 0 aliphatic carbocycles. The van der Waals surface area contributed by atoms with Gasteiger partial charge in [-0.1, -0.05) is 19.9 Å². The molecule has 0 spiro atoms. The molecule has 0 aromatic carbocycles. The van der Waals surface area contributed by atoms with Crippen LogP contribution in [0.25, 0.3) is 0 Å². The molecule has 2 amide bonds. The average Bonchev–Trinajstić information content (AvgIpc) is 2.59. The normalized spacial score (nSPS) is 26.4. The summed E-state index contributed by atoms with van der Waals surface area (Å²) in [6, 6.07) is -0.349. The highest BCUT2D eigenvalue weighted by atomic mass is 16.2. The number of nitrogens with zero attached hydrogens (tertiary/aromatic N) is 1. The second-order valence-electron chi connectivity index (χ2n) is 4.06. The van der Waals surface area contributed by atoms with Gasteiger partial charge in [0.2, 0.25) is 5.91 Å². The van der Waals surface area contributed by atoms with Gasteiger partial charge in [0.1, 0.15) is 11.7 Å². The zero-order chi connectivity index (χ0) is 10.3. The molecule has 0 aromatic heterocycles. The molecule has 2 heterocycles. The topological polar surface area (TPSA) is 49.4 Å². The smallest absolute Gasteiger partial charge is 0.268 e. The summed E-state index contributed by atoms with van der Waals surface area (Å²) in [5, 5.41) is 2.74. The largest absolute Gasteiger partial charge is 0.339 e. The number of hydrogen-bond acceptors (Lipinski definition) is 2. The lowest BCUT2D eigenvalue weighted by Gasteiger charge is -2.33. The molecular formula is C10H14N2O2. The van der Waals surface area contributed by atoms with Gasteiger partial charge in [0.15, 0.2) is 0 Å². The fourth-order valence-corrected chi connectivity index (χ4v) is 1.90. The molecule has 0 aromatic rings. The maximum Gasteiger partial charge on any atom is 0.268 e.